The van der Waals surface area contributed by atoms with E-state index in [1.54, 1.807) is 0 Å². The van der Waals surface area contributed by atoms with Crippen LogP contribution >= 0.6 is 0 Å². The number of furan rings is 1. The van der Waals surface area contributed by atoms with Crippen molar-refractivity contribution < 1.29 is 4.42 Å². The highest BCUT2D eigenvalue weighted by molar-refractivity contribution is 6.17. The molecule has 0 unspecified atom stereocenters. The highest BCUT2D eigenvalue weighted by Crippen LogP contribution is 2.47. The highest BCUT2D eigenvalue weighted by atomic mass is 16.3. The summed E-state index contributed by atoms with van der Waals surface area (Å²) in [6, 6.07) is 59.5. The van der Waals surface area contributed by atoms with E-state index >= 15 is 0 Å². The number of benzene rings is 7. The Bertz CT molecular complexity index is 2090. The summed E-state index contributed by atoms with van der Waals surface area (Å²) in [6.07, 6.45) is 0. The largest absolute Gasteiger partial charge is 0.456 e. The Morgan fingerprint density at radius 1 is 0.349 bits per heavy atom. The van der Waals surface area contributed by atoms with E-state index in [4.69, 9.17) is 4.42 Å². The second-order valence-corrected chi connectivity index (χ2v) is 10.6. The van der Waals surface area contributed by atoms with Crippen LogP contribution in [0.2, 0.25) is 0 Å². The molecule has 43 heavy (non-hydrogen) atoms. The standard InChI is InChI=1S/C40H28N2O/c1-5-17-31(18-6-1)41(32-19-7-2-8-20-32)35-27-37(42(33-21-9-3-10-22-33)34-23-11-4-12-24-34)40-36-25-29-15-13-14-16-30(29)26-38(36)43-39(40)28-35/h1-28H. The van der Waals surface area contributed by atoms with Crippen LogP contribution in [0.5, 0.6) is 0 Å². The Balaban J connectivity index is 1.49. The molecule has 0 aliphatic carbocycles. The van der Waals surface area contributed by atoms with Gasteiger partial charge in [-0.05, 0) is 77.5 Å². The molecule has 0 fully saturated rings. The topological polar surface area (TPSA) is 19.6 Å². The van der Waals surface area contributed by atoms with E-state index in [0.29, 0.717) is 0 Å². The lowest BCUT2D eigenvalue weighted by atomic mass is 10.0. The number of hydrogen-bond donors (Lipinski definition) is 0. The van der Waals surface area contributed by atoms with E-state index < -0.39 is 0 Å². The number of rotatable bonds is 6. The van der Waals surface area contributed by atoms with Gasteiger partial charge in [0.05, 0.1) is 16.8 Å². The molecular formula is C40H28N2O. The van der Waals surface area contributed by atoms with Crippen molar-refractivity contribution in [3.05, 3.63) is 170 Å². The van der Waals surface area contributed by atoms with Crippen LogP contribution in [-0.2, 0) is 0 Å². The normalized spacial score (nSPS) is 11.3. The van der Waals surface area contributed by atoms with E-state index in [9.17, 15) is 0 Å². The molecule has 0 saturated carbocycles. The Hall–Kier alpha value is -5.80. The van der Waals surface area contributed by atoms with Crippen molar-refractivity contribution in [1.82, 2.24) is 0 Å². The zero-order chi connectivity index (χ0) is 28.6. The molecule has 0 aliphatic heterocycles. The summed E-state index contributed by atoms with van der Waals surface area (Å²) in [5.41, 5.74) is 8.09. The van der Waals surface area contributed by atoms with Gasteiger partial charge < -0.3 is 14.2 Å². The minimum Gasteiger partial charge on any atom is -0.456 e. The predicted molar refractivity (Wildman–Crippen MR) is 181 cm³/mol. The van der Waals surface area contributed by atoms with Crippen LogP contribution in [0.4, 0.5) is 34.1 Å². The zero-order valence-corrected chi connectivity index (χ0v) is 23.5. The number of hydrogen-bond acceptors (Lipinski definition) is 3. The first-order valence-corrected chi connectivity index (χ1v) is 14.5. The van der Waals surface area contributed by atoms with Crippen molar-refractivity contribution in [2.24, 2.45) is 0 Å². The second-order valence-electron chi connectivity index (χ2n) is 10.6. The smallest absolute Gasteiger partial charge is 0.139 e. The minimum absolute atomic E-state index is 0.839. The van der Waals surface area contributed by atoms with Crippen LogP contribution in [0.25, 0.3) is 32.7 Å². The van der Waals surface area contributed by atoms with E-state index in [1.807, 2.05) is 0 Å². The molecule has 0 atom stereocenters. The Kier molecular flexibility index (Phi) is 6.12. The maximum absolute atomic E-state index is 6.73. The molecular weight excluding hydrogens is 524 g/mol. The molecule has 8 rings (SSSR count). The van der Waals surface area contributed by atoms with Crippen molar-refractivity contribution in [2.75, 3.05) is 9.80 Å². The molecule has 3 nitrogen and oxygen atoms in total. The third-order valence-electron chi connectivity index (χ3n) is 7.96. The highest BCUT2D eigenvalue weighted by Gasteiger charge is 2.23. The zero-order valence-electron chi connectivity index (χ0n) is 23.5. The summed E-state index contributed by atoms with van der Waals surface area (Å²) < 4.78 is 6.73. The third kappa shape index (κ3) is 4.48. The van der Waals surface area contributed by atoms with Gasteiger partial charge in [0.1, 0.15) is 11.2 Å². The van der Waals surface area contributed by atoms with Gasteiger partial charge in [-0.1, -0.05) is 97.1 Å². The average molecular weight is 553 g/mol. The Morgan fingerprint density at radius 2 is 0.791 bits per heavy atom. The summed E-state index contributed by atoms with van der Waals surface area (Å²) in [7, 11) is 0. The van der Waals surface area contributed by atoms with Gasteiger partial charge in [-0.25, -0.2) is 0 Å². The van der Waals surface area contributed by atoms with Gasteiger partial charge in [-0.3, -0.25) is 0 Å². The van der Waals surface area contributed by atoms with Gasteiger partial charge >= 0.3 is 0 Å². The third-order valence-corrected chi connectivity index (χ3v) is 7.96. The molecule has 0 bridgehead atoms. The van der Waals surface area contributed by atoms with E-state index in [-0.39, 0.29) is 0 Å². The summed E-state index contributed by atoms with van der Waals surface area (Å²) in [4.78, 5) is 4.63. The van der Waals surface area contributed by atoms with Crippen molar-refractivity contribution in [1.29, 1.82) is 0 Å². The van der Waals surface area contributed by atoms with Crippen LogP contribution in [-0.4, -0.2) is 0 Å². The molecule has 1 heterocycles. The van der Waals surface area contributed by atoms with Crippen molar-refractivity contribution in [2.45, 2.75) is 0 Å². The Morgan fingerprint density at radius 3 is 1.30 bits per heavy atom. The number of anilines is 6. The fraction of sp³-hybridized carbons (Fsp3) is 0. The molecule has 0 spiro atoms. The first-order chi connectivity index (χ1) is 21.3. The summed E-state index contributed by atoms with van der Waals surface area (Å²) in [5, 5.41) is 4.53. The molecule has 0 amide bonds. The minimum atomic E-state index is 0.839. The van der Waals surface area contributed by atoms with Gasteiger partial charge in [0.2, 0.25) is 0 Å². The lowest BCUT2D eigenvalue weighted by Crippen LogP contribution is -2.13. The molecule has 204 valence electrons. The monoisotopic (exact) mass is 552 g/mol. The molecule has 1 aromatic heterocycles. The van der Waals surface area contributed by atoms with Gasteiger partial charge in [-0.15, -0.1) is 0 Å². The maximum atomic E-state index is 6.73. The fourth-order valence-electron chi connectivity index (χ4n) is 6.04. The van der Waals surface area contributed by atoms with Crippen molar-refractivity contribution in [3.63, 3.8) is 0 Å². The summed E-state index contributed by atoms with van der Waals surface area (Å²) >= 11 is 0. The van der Waals surface area contributed by atoms with Crippen LogP contribution in [0.15, 0.2) is 174 Å². The molecule has 0 aliphatic rings. The van der Waals surface area contributed by atoms with Crippen LogP contribution in [0.3, 0.4) is 0 Å². The molecule has 8 aromatic rings. The van der Waals surface area contributed by atoms with Crippen LogP contribution in [0, 0.1) is 0 Å². The first kappa shape index (κ1) is 25.0. The molecule has 3 heteroatoms. The van der Waals surface area contributed by atoms with E-state index in [1.165, 1.54) is 5.39 Å². The molecule has 7 aromatic carbocycles. The predicted octanol–water partition coefficient (Wildman–Crippen LogP) is 11.7. The second kappa shape index (κ2) is 10.6. The summed E-state index contributed by atoms with van der Waals surface area (Å²) in [5.74, 6) is 0. The Labute approximate surface area is 250 Å². The van der Waals surface area contributed by atoms with Gasteiger partial charge in [0, 0.05) is 34.2 Å². The number of nitrogens with zero attached hydrogens (tertiary/aromatic N) is 2. The van der Waals surface area contributed by atoms with E-state index in [2.05, 4.69) is 180 Å². The van der Waals surface area contributed by atoms with Crippen molar-refractivity contribution >= 4 is 66.8 Å². The van der Waals surface area contributed by atoms with Crippen LogP contribution < -0.4 is 9.80 Å². The first-order valence-electron chi connectivity index (χ1n) is 14.5. The van der Waals surface area contributed by atoms with Gasteiger partial charge in [-0.2, -0.15) is 0 Å². The number of para-hydroxylation sites is 4. The molecule has 0 N–H and O–H groups in total. The van der Waals surface area contributed by atoms with E-state index in [0.717, 1.165) is 61.4 Å². The fourth-order valence-corrected chi connectivity index (χ4v) is 6.04. The molecule has 0 radical (unpaired) electrons. The average Bonchev–Trinajstić information content (AvgIpc) is 3.43. The van der Waals surface area contributed by atoms with Crippen LogP contribution in [0.1, 0.15) is 0 Å². The SMILES string of the molecule is c1ccc(N(c2ccccc2)c2cc(N(c3ccccc3)c3ccccc3)c3c(c2)oc2cc4ccccc4cc23)cc1. The maximum Gasteiger partial charge on any atom is 0.139 e. The van der Waals surface area contributed by atoms with Gasteiger partial charge in [0.15, 0.2) is 0 Å². The number of fused-ring (bicyclic) bond motifs is 4. The molecule has 0 saturated heterocycles. The lowest BCUT2D eigenvalue weighted by molar-refractivity contribution is 0.669. The quantitative estimate of drug-likeness (QED) is 0.205. The summed E-state index contributed by atoms with van der Waals surface area (Å²) in [6.45, 7) is 0. The van der Waals surface area contributed by atoms with Crippen molar-refractivity contribution in [3.8, 4) is 0 Å². The lowest BCUT2D eigenvalue weighted by Gasteiger charge is -2.30. The van der Waals surface area contributed by atoms with Gasteiger partial charge in [0.25, 0.3) is 0 Å².